The third-order valence-electron chi connectivity index (χ3n) is 5.12. The zero-order valence-electron chi connectivity index (χ0n) is 18.4. The van der Waals surface area contributed by atoms with Gasteiger partial charge in [-0.25, -0.2) is 15.0 Å². The summed E-state index contributed by atoms with van der Waals surface area (Å²) in [7, 11) is 5.09. The van der Waals surface area contributed by atoms with Gasteiger partial charge in [0.05, 0.1) is 44.5 Å². The zero-order valence-corrected chi connectivity index (χ0v) is 18.4. The van der Waals surface area contributed by atoms with Gasteiger partial charge in [0.2, 0.25) is 0 Å². The lowest BCUT2D eigenvalue weighted by Crippen LogP contribution is -2.25. The van der Waals surface area contributed by atoms with E-state index in [-0.39, 0.29) is 0 Å². The van der Waals surface area contributed by atoms with Crippen molar-refractivity contribution < 1.29 is 9.47 Å². The Morgan fingerprint density at radius 1 is 1.03 bits per heavy atom. The van der Waals surface area contributed by atoms with Gasteiger partial charge in [-0.1, -0.05) is 0 Å². The standard InChI is InChI=1S/C22H21N9O2/c1-30-11-14(9-26-30)19-10-23-18-4-5-21(28-22(18)27-19)31(12-20-24-13-25-29-20)15-6-16(32-2)8-17(7-15)33-3/h4-11H,12-13H2,1-3H3. The van der Waals surface area contributed by atoms with E-state index in [2.05, 4.69) is 25.3 Å². The van der Waals surface area contributed by atoms with Crippen LogP contribution in [0.3, 0.4) is 0 Å². The van der Waals surface area contributed by atoms with Crippen LogP contribution in [0.4, 0.5) is 11.5 Å². The molecule has 1 aliphatic rings. The predicted octanol–water partition coefficient (Wildman–Crippen LogP) is 3.40. The second kappa shape index (κ2) is 8.61. The summed E-state index contributed by atoms with van der Waals surface area (Å²) in [6.45, 7) is 0.698. The number of aryl methyl sites for hydroxylation is 1. The Balaban J connectivity index is 1.60. The molecule has 0 radical (unpaired) electrons. The minimum absolute atomic E-state index is 0.329. The molecule has 3 aromatic heterocycles. The Labute approximate surface area is 189 Å². The number of hydrogen-bond donors (Lipinski definition) is 0. The van der Waals surface area contributed by atoms with E-state index in [0.717, 1.165) is 11.3 Å². The summed E-state index contributed by atoms with van der Waals surface area (Å²) < 4.78 is 12.6. The highest BCUT2D eigenvalue weighted by molar-refractivity contribution is 5.90. The molecule has 1 aliphatic heterocycles. The van der Waals surface area contributed by atoms with Crippen molar-refractivity contribution >= 4 is 28.5 Å². The number of anilines is 2. The maximum Gasteiger partial charge on any atom is 0.180 e. The van der Waals surface area contributed by atoms with Gasteiger partial charge in [0, 0.05) is 37.0 Å². The molecule has 11 nitrogen and oxygen atoms in total. The van der Waals surface area contributed by atoms with Crippen LogP contribution in [-0.2, 0) is 7.05 Å². The number of ether oxygens (including phenoxy) is 2. The third kappa shape index (κ3) is 4.20. The molecule has 0 N–H and O–H groups in total. The van der Waals surface area contributed by atoms with Crippen LogP contribution in [0.1, 0.15) is 0 Å². The molecule has 0 unspecified atom stereocenters. The Morgan fingerprint density at radius 2 is 1.85 bits per heavy atom. The van der Waals surface area contributed by atoms with Gasteiger partial charge < -0.3 is 14.4 Å². The van der Waals surface area contributed by atoms with Crippen molar-refractivity contribution in [3.05, 3.63) is 48.9 Å². The molecule has 0 saturated heterocycles. The van der Waals surface area contributed by atoms with E-state index in [9.17, 15) is 0 Å². The summed E-state index contributed by atoms with van der Waals surface area (Å²) >= 11 is 0. The molecular weight excluding hydrogens is 422 g/mol. The number of amidine groups is 1. The molecule has 11 heteroatoms. The van der Waals surface area contributed by atoms with Gasteiger partial charge in [0.15, 0.2) is 18.2 Å². The second-order valence-corrected chi connectivity index (χ2v) is 7.28. The van der Waals surface area contributed by atoms with E-state index in [1.54, 1.807) is 31.3 Å². The van der Waals surface area contributed by atoms with Crippen molar-refractivity contribution in [2.75, 3.05) is 32.3 Å². The van der Waals surface area contributed by atoms with Crippen LogP contribution in [0.2, 0.25) is 0 Å². The molecule has 0 fully saturated rings. The van der Waals surface area contributed by atoms with Crippen LogP contribution in [0.25, 0.3) is 22.4 Å². The van der Waals surface area contributed by atoms with Gasteiger partial charge in [0.1, 0.15) is 22.8 Å². The first kappa shape index (κ1) is 20.5. The first-order valence-electron chi connectivity index (χ1n) is 10.2. The minimum Gasteiger partial charge on any atom is -0.497 e. The number of fused-ring (bicyclic) bond motifs is 1. The van der Waals surface area contributed by atoms with Crippen LogP contribution in [-0.4, -0.2) is 58.0 Å². The summed E-state index contributed by atoms with van der Waals surface area (Å²) in [4.78, 5) is 20.4. The smallest absolute Gasteiger partial charge is 0.180 e. The van der Waals surface area contributed by atoms with Crippen LogP contribution >= 0.6 is 0 Å². The van der Waals surface area contributed by atoms with Crippen molar-refractivity contribution in [2.45, 2.75) is 0 Å². The molecule has 4 aromatic rings. The maximum absolute atomic E-state index is 5.46. The fourth-order valence-electron chi connectivity index (χ4n) is 3.46. The third-order valence-corrected chi connectivity index (χ3v) is 5.12. The second-order valence-electron chi connectivity index (χ2n) is 7.28. The van der Waals surface area contributed by atoms with Gasteiger partial charge >= 0.3 is 0 Å². The number of azo groups is 1. The quantitative estimate of drug-likeness (QED) is 0.430. The first-order valence-corrected chi connectivity index (χ1v) is 10.2. The Morgan fingerprint density at radius 3 is 2.52 bits per heavy atom. The number of nitrogens with zero attached hydrogens (tertiary/aromatic N) is 9. The van der Waals surface area contributed by atoms with E-state index < -0.39 is 0 Å². The summed E-state index contributed by atoms with van der Waals surface area (Å²) in [6.07, 6.45) is 5.36. The van der Waals surface area contributed by atoms with Crippen LogP contribution in [0.5, 0.6) is 11.5 Å². The number of aromatic nitrogens is 5. The fraction of sp³-hybridized carbons (Fsp3) is 0.227. The lowest BCUT2D eigenvalue weighted by Gasteiger charge is -2.24. The molecule has 0 bridgehead atoms. The highest BCUT2D eigenvalue weighted by Crippen LogP contribution is 2.33. The topological polar surface area (TPSA) is 115 Å². The van der Waals surface area contributed by atoms with E-state index in [1.807, 2.05) is 48.5 Å². The Kier molecular flexibility index (Phi) is 5.35. The number of rotatable bonds is 7. The molecule has 33 heavy (non-hydrogen) atoms. The highest BCUT2D eigenvalue weighted by atomic mass is 16.5. The number of hydrogen-bond acceptors (Lipinski definition) is 10. The molecule has 0 saturated carbocycles. The largest absolute Gasteiger partial charge is 0.497 e. The number of aliphatic imine (C=N–C) groups is 1. The SMILES string of the molecule is COc1cc(OC)cc(N(CC2=NCN=N2)c2ccc3ncc(-c4cnn(C)c4)nc3n2)c1. The zero-order chi connectivity index (χ0) is 22.8. The van der Waals surface area contributed by atoms with Crippen molar-refractivity contribution in [3.63, 3.8) is 0 Å². The molecule has 1 aromatic carbocycles. The van der Waals surface area contributed by atoms with Gasteiger partial charge in [-0.15, -0.1) is 5.11 Å². The predicted molar refractivity (Wildman–Crippen MR) is 123 cm³/mol. The monoisotopic (exact) mass is 443 g/mol. The van der Waals surface area contributed by atoms with Crippen molar-refractivity contribution in [3.8, 4) is 22.8 Å². The Bertz CT molecular complexity index is 1360. The van der Waals surface area contributed by atoms with Gasteiger partial charge in [-0.05, 0) is 12.1 Å². The average molecular weight is 443 g/mol. The van der Waals surface area contributed by atoms with Gasteiger partial charge in [0.25, 0.3) is 0 Å². The van der Waals surface area contributed by atoms with E-state index in [1.165, 1.54) is 0 Å². The van der Waals surface area contributed by atoms with Gasteiger partial charge in [-0.2, -0.15) is 10.2 Å². The Hall–Kier alpha value is -4.41. The highest BCUT2D eigenvalue weighted by Gasteiger charge is 2.19. The lowest BCUT2D eigenvalue weighted by molar-refractivity contribution is 0.394. The van der Waals surface area contributed by atoms with Crippen molar-refractivity contribution in [2.24, 2.45) is 22.3 Å². The van der Waals surface area contributed by atoms with Crippen LogP contribution < -0.4 is 14.4 Å². The summed E-state index contributed by atoms with van der Waals surface area (Å²) in [5.74, 6) is 2.57. The van der Waals surface area contributed by atoms with Gasteiger partial charge in [-0.3, -0.25) is 9.67 Å². The first-order chi connectivity index (χ1) is 16.1. The normalized spacial score (nSPS) is 12.8. The molecule has 0 aliphatic carbocycles. The molecule has 0 amide bonds. The molecule has 0 atom stereocenters. The van der Waals surface area contributed by atoms with E-state index >= 15 is 0 Å². The van der Waals surface area contributed by atoms with Crippen molar-refractivity contribution in [1.82, 2.24) is 24.7 Å². The molecule has 5 rings (SSSR count). The summed E-state index contributed by atoms with van der Waals surface area (Å²) in [5, 5.41) is 12.3. The number of pyridine rings is 1. The van der Waals surface area contributed by atoms with E-state index in [0.29, 0.717) is 53.2 Å². The molecule has 4 heterocycles. The van der Waals surface area contributed by atoms with E-state index in [4.69, 9.17) is 19.4 Å². The molecule has 0 spiro atoms. The van der Waals surface area contributed by atoms with Crippen LogP contribution in [0.15, 0.2) is 64.1 Å². The summed E-state index contributed by atoms with van der Waals surface area (Å²) in [6, 6.07) is 9.39. The molecule has 166 valence electrons. The fourth-order valence-corrected chi connectivity index (χ4v) is 3.46. The number of benzene rings is 1. The lowest BCUT2D eigenvalue weighted by atomic mass is 10.2. The minimum atomic E-state index is 0.329. The van der Waals surface area contributed by atoms with Crippen molar-refractivity contribution in [1.29, 1.82) is 0 Å². The summed E-state index contributed by atoms with van der Waals surface area (Å²) in [5.41, 5.74) is 3.58. The maximum atomic E-state index is 5.46. The molecular formula is C22H21N9O2. The number of methoxy groups -OCH3 is 2. The average Bonchev–Trinajstić information content (AvgIpc) is 3.53. The van der Waals surface area contributed by atoms with Crippen LogP contribution in [0, 0.1) is 0 Å².